The van der Waals surface area contributed by atoms with Gasteiger partial charge in [0.05, 0.1) is 5.69 Å². The minimum Gasteiger partial charge on any atom is -0.476 e. The van der Waals surface area contributed by atoms with Gasteiger partial charge in [-0.25, -0.2) is 9.78 Å². The van der Waals surface area contributed by atoms with Gasteiger partial charge in [-0.1, -0.05) is 29.3 Å². The first kappa shape index (κ1) is 21.0. The fraction of sp³-hybridized carbons (Fsp3) is 0.182. The number of halogens is 2. The van der Waals surface area contributed by atoms with Gasteiger partial charge >= 0.3 is 5.97 Å². The van der Waals surface area contributed by atoms with E-state index in [-0.39, 0.29) is 6.61 Å². The van der Waals surface area contributed by atoms with Crippen LogP contribution in [0.3, 0.4) is 0 Å². The molecular weight excluding hydrogens is 413 g/mol. The van der Waals surface area contributed by atoms with Gasteiger partial charge in [-0.05, 0) is 68.4 Å². The average Bonchev–Trinajstić information content (AvgIpc) is 2.70. The third kappa shape index (κ3) is 6.11. The lowest BCUT2D eigenvalue weighted by molar-refractivity contribution is -0.160. The highest BCUT2D eigenvalue weighted by Crippen LogP contribution is 2.23. The second kappa shape index (κ2) is 9.16. The third-order valence-corrected chi connectivity index (χ3v) is 4.35. The van der Waals surface area contributed by atoms with Crippen LogP contribution in [0.25, 0.3) is 0 Å². The van der Waals surface area contributed by atoms with Gasteiger partial charge in [-0.3, -0.25) is 0 Å². The van der Waals surface area contributed by atoms with Crippen LogP contribution in [0.1, 0.15) is 19.5 Å². The summed E-state index contributed by atoms with van der Waals surface area (Å²) >= 11 is 11.7. The molecule has 0 saturated carbocycles. The van der Waals surface area contributed by atoms with Crippen molar-refractivity contribution in [1.82, 2.24) is 4.98 Å². The Balaban J connectivity index is 1.59. The van der Waals surface area contributed by atoms with E-state index in [1.807, 2.05) is 0 Å². The number of ether oxygens (including phenoxy) is 3. The largest absolute Gasteiger partial charge is 0.476 e. The van der Waals surface area contributed by atoms with Crippen LogP contribution in [0.15, 0.2) is 66.7 Å². The molecule has 0 aliphatic rings. The number of carbonyl (C=O) groups excluding carboxylic acids is 1. The summed E-state index contributed by atoms with van der Waals surface area (Å²) in [5.74, 6) is 0.997. The summed E-state index contributed by atoms with van der Waals surface area (Å²) in [5, 5.41) is 1.21. The number of carbonyl (C=O) groups is 1. The zero-order valence-electron chi connectivity index (χ0n) is 15.9. The average molecular weight is 432 g/mol. The number of hydrogen-bond acceptors (Lipinski definition) is 5. The Labute approximate surface area is 179 Å². The molecule has 3 rings (SSSR count). The summed E-state index contributed by atoms with van der Waals surface area (Å²) < 4.78 is 16.8. The van der Waals surface area contributed by atoms with Crippen LogP contribution in [-0.4, -0.2) is 16.6 Å². The topological polar surface area (TPSA) is 57.7 Å². The summed E-state index contributed by atoms with van der Waals surface area (Å²) in [6.07, 6.45) is 0. The summed E-state index contributed by atoms with van der Waals surface area (Å²) in [7, 11) is 0. The maximum atomic E-state index is 12.5. The van der Waals surface area contributed by atoms with Crippen molar-refractivity contribution in [3.63, 3.8) is 0 Å². The maximum Gasteiger partial charge on any atom is 0.350 e. The first-order chi connectivity index (χ1) is 13.8. The Morgan fingerprint density at radius 2 is 1.48 bits per heavy atom. The number of rotatable bonds is 7. The minimum atomic E-state index is -1.18. The number of hydrogen-bond donors (Lipinski definition) is 0. The van der Waals surface area contributed by atoms with E-state index in [2.05, 4.69) is 4.98 Å². The zero-order valence-corrected chi connectivity index (χ0v) is 17.4. The third-order valence-electron chi connectivity index (χ3n) is 3.85. The van der Waals surface area contributed by atoms with E-state index >= 15 is 0 Å². The van der Waals surface area contributed by atoms with E-state index in [9.17, 15) is 4.79 Å². The molecule has 0 aliphatic heterocycles. The lowest BCUT2D eigenvalue weighted by Crippen LogP contribution is -2.39. The molecule has 0 radical (unpaired) electrons. The summed E-state index contributed by atoms with van der Waals surface area (Å²) in [4.78, 5) is 16.8. The SMILES string of the molecule is CC(C)(Oc1ccc(Cl)cc1)C(=O)OCc1cccc(Oc2ccc(Cl)cc2)n1. The second-order valence-corrected chi connectivity index (χ2v) is 7.54. The Morgan fingerprint density at radius 1 is 0.897 bits per heavy atom. The molecule has 7 heteroatoms. The van der Waals surface area contributed by atoms with E-state index in [4.69, 9.17) is 37.4 Å². The van der Waals surface area contributed by atoms with Crippen molar-refractivity contribution in [1.29, 1.82) is 0 Å². The van der Waals surface area contributed by atoms with E-state index in [0.29, 0.717) is 33.1 Å². The number of nitrogens with zero attached hydrogens (tertiary/aromatic N) is 1. The molecule has 5 nitrogen and oxygen atoms in total. The van der Waals surface area contributed by atoms with Crippen molar-refractivity contribution in [2.75, 3.05) is 0 Å². The van der Waals surface area contributed by atoms with Gasteiger partial charge in [0.2, 0.25) is 5.88 Å². The Morgan fingerprint density at radius 3 is 2.10 bits per heavy atom. The fourth-order valence-electron chi connectivity index (χ4n) is 2.37. The molecule has 0 aliphatic carbocycles. The van der Waals surface area contributed by atoms with Crippen LogP contribution >= 0.6 is 23.2 Å². The summed E-state index contributed by atoms with van der Waals surface area (Å²) in [5.41, 5.74) is -0.627. The van der Waals surface area contributed by atoms with E-state index < -0.39 is 11.6 Å². The van der Waals surface area contributed by atoms with Crippen molar-refractivity contribution in [2.45, 2.75) is 26.1 Å². The molecule has 3 aromatic rings. The van der Waals surface area contributed by atoms with Crippen molar-refractivity contribution < 1.29 is 19.0 Å². The molecular formula is C22H19Cl2NO4. The Hall–Kier alpha value is -2.76. The molecule has 1 aromatic heterocycles. The molecule has 0 spiro atoms. The highest BCUT2D eigenvalue weighted by atomic mass is 35.5. The highest BCUT2D eigenvalue weighted by molar-refractivity contribution is 6.30. The van der Waals surface area contributed by atoms with Crippen molar-refractivity contribution in [2.24, 2.45) is 0 Å². The first-order valence-electron chi connectivity index (χ1n) is 8.83. The molecule has 29 heavy (non-hydrogen) atoms. The van der Waals surface area contributed by atoms with E-state index in [1.165, 1.54) is 0 Å². The van der Waals surface area contributed by atoms with Gasteiger partial charge < -0.3 is 14.2 Å². The lowest BCUT2D eigenvalue weighted by Gasteiger charge is -2.24. The highest BCUT2D eigenvalue weighted by Gasteiger charge is 2.32. The monoisotopic (exact) mass is 431 g/mol. The molecule has 0 fully saturated rings. The van der Waals surface area contributed by atoms with Crippen molar-refractivity contribution in [3.05, 3.63) is 82.5 Å². The van der Waals surface area contributed by atoms with Gasteiger partial charge in [0.15, 0.2) is 5.60 Å². The van der Waals surface area contributed by atoms with Crippen molar-refractivity contribution >= 4 is 29.2 Å². The van der Waals surface area contributed by atoms with Gasteiger partial charge in [0.1, 0.15) is 18.1 Å². The minimum absolute atomic E-state index is 0.00986. The number of benzene rings is 2. The van der Waals surface area contributed by atoms with Gasteiger partial charge in [0.25, 0.3) is 0 Å². The number of pyridine rings is 1. The summed E-state index contributed by atoms with van der Waals surface area (Å²) in [6.45, 7) is 3.26. The second-order valence-electron chi connectivity index (χ2n) is 6.67. The summed E-state index contributed by atoms with van der Waals surface area (Å²) in [6, 6.07) is 18.9. The quantitative estimate of drug-likeness (QED) is 0.424. The predicted octanol–water partition coefficient (Wildman–Crippen LogP) is 6.08. The fourth-order valence-corrected chi connectivity index (χ4v) is 2.62. The van der Waals surface area contributed by atoms with Crippen LogP contribution in [0.2, 0.25) is 10.0 Å². The van der Waals surface area contributed by atoms with Crippen LogP contribution in [0, 0.1) is 0 Å². The number of aromatic nitrogens is 1. The first-order valence-corrected chi connectivity index (χ1v) is 9.58. The molecule has 1 heterocycles. The maximum absolute atomic E-state index is 12.5. The van der Waals surface area contributed by atoms with Gasteiger partial charge in [0, 0.05) is 16.1 Å². The van der Waals surface area contributed by atoms with Crippen LogP contribution in [0.5, 0.6) is 17.4 Å². The lowest BCUT2D eigenvalue weighted by atomic mass is 10.1. The molecule has 0 unspecified atom stereocenters. The van der Waals surface area contributed by atoms with Gasteiger partial charge in [-0.2, -0.15) is 0 Å². The van der Waals surface area contributed by atoms with Crippen LogP contribution < -0.4 is 9.47 Å². The standard InChI is InChI=1S/C22H19Cl2NO4/c1-22(2,29-19-12-8-16(24)9-13-19)21(26)27-14-17-4-3-5-20(25-17)28-18-10-6-15(23)7-11-18/h3-13H,14H2,1-2H3. The molecule has 0 atom stereocenters. The molecule has 150 valence electrons. The van der Waals surface area contributed by atoms with Crippen molar-refractivity contribution in [3.8, 4) is 17.4 Å². The smallest absolute Gasteiger partial charge is 0.350 e. The molecule has 0 N–H and O–H groups in total. The Kier molecular flexibility index (Phi) is 6.62. The van der Waals surface area contributed by atoms with Gasteiger partial charge in [-0.15, -0.1) is 0 Å². The van der Waals surface area contributed by atoms with E-state index in [0.717, 1.165) is 0 Å². The normalized spacial score (nSPS) is 11.0. The molecule has 0 saturated heterocycles. The van der Waals surface area contributed by atoms with Crippen LogP contribution in [-0.2, 0) is 16.1 Å². The number of esters is 1. The molecule has 0 bridgehead atoms. The molecule has 2 aromatic carbocycles. The van der Waals surface area contributed by atoms with E-state index in [1.54, 1.807) is 80.6 Å². The predicted molar refractivity (Wildman–Crippen MR) is 112 cm³/mol. The Bertz CT molecular complexity index is 973. The molecule has 0 amide bonds. The zero-order chi connectivity index (χ0) is 20.9. The van der Waals surface area contributed by atoms with Crippen LogP contribution in [0.4, 0.5) is 0 Å².